The van der Waals surface area contributed by atoms with Crippen molar-refractivity contribution in [3.8, 4) is 11.3 Å². The first kappa shape index (κ1) is 11.3. The fourth-order valence-corrected chi connectivity index (χ4v) is 2.32. The highest BCUT2D eigenvalue weighted by Crippen LogP contribution is 2.23. The second kappa shape index (κ2) is 4.82. The molecule has 92 valence electrons. The normalized spacial score (nSPS) is 19.1. The van der Waals surface area contributed by atoms with Crippen LogP contribution in [-0.4, -0.2) is 28.0 Å². The molecule has 1 N–H and O–H groups in total. The maximum atomic E-state index is 4.71. The number of rotatable bonds is 2. The van der Waals surface area contributed by atoms with Gasteiger partial charge in [-0.2, -0.15) is 0 Å². The fourth-order valence-electron chi connectivity index (χ4n) is 2.32. The molecule has 1 aliphatic heterocycles. The van der Waals surface area contributed by atoms with Crippen LogP contribution in [0, 0.1) is 6.92 Å². The van der Waals surface area contributed by atoms with Gasteiger partial charge in [0.05, 0.1) is 5.69 Å². The lowest BCUT2D eigenvalue weighted by atomic mass is 10.1. The van der Waals surface area contributed by atoms with Gasteiger partial charge in [0.25, 0.3) is 0 Å². The number of aryl methyl sites for hydroxylation is 1. The third-order valence-corrected chi connectivity index (χ3v) is 3.27. The SMILES string of the molecule is Cc1cc(-c2ccncc2)nc(C2CCNC2)n1. The molecule has 0 aliphatic carbocycles. The largest absolute Gasteiger partial charge is 0.316 e. The van der Waals surface area contributed by atoms with Crippen molar-refractivity contribution in [3.05, 3.63) is 42.1 Å². The zero-order chi connectivity index (χ0) is 12.4. The summed E-state index contributed by atoms with van der Waals surface area (Å²) in [5, 5.41) is 3.36. The van der Waals surface area contributed by atoms with Crippen LogP contribution in [0.2, 0.25) is 0 Å². The van der Waals surface area contributed by atoms with Gasteiger partial charge in [0.2, 0.25) is 0 Å². The standard InChI is InChI=1S/C14H16N4/c1-10-8-13(11-2-5-15-6-3-11)18-14(17-10)12-4-7-16-9-12/h2-3,5-6,8,12,16H,4,7,9H2,1H3. The van der Waals surface area contributed by atoms with Crippen LogP contribution < -0.4 is 5.32 Å². The Labute approximate surface area is 107 Å². The summed E-state index contributed by atoms with van der Waals surface area (Å²) in [6.45, 7) is 4.07. The van der Waals surface area contributed by atoms with E-state index in [-0.39, 0.29) is 0 Å². The van der Waals surface area contributed by atoms with Crippen LogP contribution in [-0.2, 0) is 0 Å². The highest BCUT2D eigenvalue weighted by molar-refractivity contribution is 5.58. The van der Waals surface area contributed by atoms with Crippen LogP contribution in [0.3, 0.4) is 0 Å². The van der Waals surface area contributed by atoms with Crippen molar-refractivity contribution < 1.29 is 0 Å². The number of nitrogens with one attached hydrogen (secondary N) is 1. The van der Waals surface area contributed by atoms with Gasteiger partial charge >= 0.3 is 0 Å². The van der Waals surface area contributed by atoms with Gasteiger partial charge in [-0.05, 0) is 38.1 Å². The maximum Gasteiger partial charge on any atom is 0.133 e. The van der Waals surface area contributed by atoms with E-state index in [9.17, 15) is 0 Å². The van der Waals surface area contributed by atoms with E-state index in [1.54, 1.807) is 12.4 Å². The molecule has 0 amide bonds. The minimum Gasteiger partial charge on any atom is -0.316 e. The van der Waals surface area contributed by atoms with Gasteiger partial charge in [-0.1, -0.05) is 0 Å². The lowest BCUT2D eigenvalue weighted by Crippen LogP contribution is -2.11. The van der Waals surface area contributed by atoms with E-state index in [1.165, 1.54) is 0 Å². The number of pyridine rings is 1. The minimum atomic E-state index is 0.450. The Morgan fingerprint density at radius 2 is 2.06 bits per heavy atom. The van der Waals surface area contributed by atoms with Crippen LogP contribution >= 0.6 is 0 Å². The van der Waals surface area contributed by atoms with E-state index in [1.807, 2.05) is 25.1 Å². The lowest BCUT2D eigenvalue weighted by molar-refractivity contribution is 0.698. The molecule has 0 spiro atoms. The quantitative estimate of drug-likeness (QED) is 0.871. The van der Waals surface area contributed by atoms with Crippen LogP contribution in [0.25, 0.3) is 11.3 Å². The van der Waals surface area contributed by atoms with Gasteiger partial charge in [-0.25, -0.2) is 9.97 Å². The molecule has 1 atom stereocenters. The first-order valence-corrected chi connectivity index (χ1v) is 6.29. The topological polar surface area (TPSA) is 50.7 Å². The van der Waals surface area contributed by atoms with Crippen molar-refractivity contribution >= 4 is 0 Å². The minimum absolute atomic E-state index is 0.450. The molecule has 4 heteroatoms. The highest BCUT2D eigenvalue weighted by atomic mass is 15.0. The van der Waals surface area contributed by atoms with Crippen molar-refractivity contribution in [1.29, 1.82) is 0 Å². The van der Waals surface area contributed by atoms with Crippen LogP contribution in [0.5, 0.6) is 0 Å². The van der Waals surface area contributed by atoms with Crippen molar-refractivity contribution in [2.75, 3.05) is 13.1 Å². The molecule has 2 aromatic heterocycles. The number of hydrogen-bond donors (Lipinski definition) is 1. The van der Waals surface area contributed by atoms with Crippen LogP contribution in [0.15, 0.2) is 30.6 Å². The van der Waals surface area contributed by atoms with Crippen LogP contribution in [0.1, 0.15) is 23.9 Å². The summed E-state index contributed by atoms with van der Waals surface area (Å²) in [5.41, 5.74) is 3.12. The smallest absolute Gasteiger partial charge is 0.133 e. The maximum absolute atomic E-state index is 4.71. The molecule has 4 nitrogen and oxygen atoms in total. The van der Waals surface area contributed by atoms with E-state index >= 15 is 0 Å². The second-order valence-corrected chi connectivity index (χ2v) is 4.68. The molecule has 18 heavy (non-hydrogen) atoms. The molecule has 1 unspecified atom stereocenters. The number of hydrogen-bond acceptors (Lipinski definition) is 4. The van der Waals surface area contributed by atoms with Gasteiger partial charge in [-0.15, -0.1) is 0 Å². The zero-order valence-electron chi connectivity index (χ0n) is 10.4. The first-order valence-electron chi connectivity index (χ1n) is 6.29. The molecule has 3 heterocycles. The van der Waals surface area contributed by atoms with Crippen molar-refractivity contribution in [1.82, 2.24) is 20.3 Å². The van der Waals surface area contributed by atoms with Gasteiger partial charge in [0.1, 0.15) is 5.82 Å². The van der Waals surface area contributed by atoms with Crippen LogP contribution in [0.4, 0.5) is 0 Å². The molecular formula is C14H16N4. The molecule has 0 bridgehead atoms. The summed E-state index contributed by atoms with van der Waals surface area (Å²) in [6.07, 6.45) is 4.71. The Balaban J connectivity index is 2.00. The van der Waals surface area contributed by atoms with Crippen molar-refractivity contribution in [3.63, 3.8) is 0 Å². The zero-order valence-corrected chi connectivity index (χ0v) is 10.4. The molecule has 1 saturated heterocycles. The van der Waals surface area contributed by atoms with Gasteiger partial charge in [0.15, 0.2) is 0 Å². The Kier molecular flexibility index (Phi) is 3.02. The van der Waals surface area contributed by atoms with Crippen molar-refractivity contribution in [2.45, 2.75) is 19.3 Å². The Morgan fingerprint density at radius 3 is 2.78 bits per heavy atom. The Hall–Kier alpha value is -1.81. The Bertz CT molecular complexity index is 533. The van der Waals surface area contributed by atoms with E-state index in [0.717, 1.165) is 42.3 Å². The molecule has 1 fully saturated rings. The molecule has 0 aromatic carbocycles. The third-order valence-electron chi connectivity index (χ3n) is 3.27. The summed E-state index contributed by atoms with van der Waals surface area (Å²) >= 11 is 0. The lowest BCUT2D eigenvalue weighted by Gasteiger charge is -2.10. The molecule has 0 saturated carbocycles. The van der Waals surface area contributed by atoms with E-state index in [2.05, 4.69) is 15.3 Å². The van der Waals surface area contributed by atoms with E-state index in [0.29, 0.717) is 5.92 Å². The monoisotopic (exact) mass is 240 g/mol. The first-order chi connectivity index (χ1) is 8.83. The fraction of sp³-hybridized carbons (Fsp3) is 0.357. The average molecular weight is 240 g/mol. The van der Waals surface area contributed by atoms with Crippen molar-refractivity contribution in [2.24, 2.45) is 0 Å². The van der Waals surface area contributed by atoms with E-state index in [4.69, 9.17) is 4.98 Å². The molecule has 1 aliphatic rings. The molecule has 0 radical (unpaired) electrons. The van der Waals surface area contributed by atoms with Gasteiger partial charge < -0.3 is 5.32 Å². The predicted octanol–water partition coefficient (Wildman–Crippen LogP) is 1.92. The summed E-state index contributed by atoms with van der Waals surface area (Å²) < 4.78 is 0. The molecule has 3 rings (SSSR count). The summed E-state index contributed by atoms with van der Waals surface area (Å²) in [5.74, 6) is 1.41. The average Bonchev–Trinajstić information content (AvgIpc) is 2.93. The highest BCUT2D eigenvalue weighted by Gasteiger charge is 2.20. The number of nitrogens with zero attached hydrogens (tertiary/aromatic N) is 3. The van der Waals surface area contributed by atoms with E-state index < -0.39 is 0 Å². The second-order valence-electron chi connectivity index (χ2n) is 4.68. The molecular weight excluding hydrogens is 224 g/mol. The molecule has 2 aromatic rings. The van der Waals surface area contributed by atoms with Gasteiger partial charge in [-0.3, -0.25) is 4.98 Å². The summed E-state index contributed by atoms with van der Waals surface area (Å²) in [6, 6.07) is 6.00. The third kappa shape index (κ3) is 2.24. The van der Waals surface area contributed by atoms with Gasteiger partial charge in [0, 0.05) is 36.1 Å². The summed E-state index contributed by atoms with van der Waals surface area (Å²) in [4.78, 5) is 13.3. The summed E-state index contributed by atoms with van der Waals surface area (Å²) in [7, 11) is 0. The number of aromatic nitrogens is 3. The Morgan fingerprint density at radius 1 is 1.22 bits per heavy atom. The predicted molar refractivity (Wildman–Crippen MR) is 70.2 cm³/mol.